The summed E-state index contributed by atoms with van der Waals surface area (Å²) in [6.07, 6.45) is 6.98. The van der Waals surface area contributed by atoms with Crippen LogP contribution in [0.5, 0.6) is 17.2 Å². The molecular formula is C28H32O4. The average molecular weight is 433 g/mol. The zero-order valence-electron chi connectivity index (χ0n) is 19.4. The Bertz CT molecular complexity index is 1100. The van der Waals surface area contributed by atoms with Crippen LogP contribution in [0.2, 0.25) is 0 Å². The maximum Gasteiger partial charge on any atom is 0.200 e. The van der Waals surface area contributed by atoms with E-state index in [-0.39, 0.29) is 28.6 Å². The highest BCUT2D eigenvalue weighted by molar-refractivity contribution is 6.13. The third kappa shape index (κ3) is 3.32. The highest BCUT2D eigenvalue weighted by atomic mass is 16.5. The molecule has 5 rings (SSSR count). The van der Waals surface area contributed by atoms with Crippen LogP contribution in [0.3, 0.4) is 0 Å². The van der Waals surface area contributed by atoms with Gasteiger partial charge in [-0.25, -0.2) is 0 Å². The van der Waals surface area contributed by atoms with Crippen molar-refractivity contribution in [2.45, 2.75) is 76.9 Å². The van der Waals surface area contributed by atoms with Gasteiger partial charge in [0.15, 0.2) is 0 Å². The van der Waals surface area contributed by atoms with Crippen LogP contribution in [0.4, 0.5) is 0 Å². The first-order valence-corrected chi connectivity index (χ1v) is 11.7. The Hall–Kier alpha value is -2.75. The van der Waals surface area contributed by atoms with E-state index < -0.39 is 5.60 Å². The minimum absolute atomic E-state index is 0.0683. The van der Waals surface area contributed by atoms with E-state index in [9.17, 15) is 9.90 Å². The molecule has 2 aromatic carbocycles. The summed E-state index contributed by atoms with van der Waals surface area (Å²) in [5.74, 6) is 1.55. The molecule has 2 heterocycles. The Morgan fingerprint density at radius 2 is 1.94 bits per heavy atom. The first-order chi connectivity index (χ1) is 15.2. The number of benzene rings is 2. The minimum atomic E-state index is -0.404. The number of fused-ring (bicyclic) bond motifs is 1. The second-order valence-electron chi connectivity index (χ2n) is 10.4. The number of aromatic hydroxyl groups is 1. The van der Waals surface area contributed by atoms with Crippen molar-refractivity contribution in [3.8, 4) is 17.2 Å². The molecule has 0 saturated heterocycles. The highest BCUT2D eigenvalue weighted by Gasteiger charge is 2.56. The van der Waals surface area contributed by atoms with Crippen molar-refractivity contribution in [1.82, 2.24) is 0 Å². The van der Waals surface area contributed by atoms with E-state index in [2.05, 4.69) is 33.8 Å². The van der Waals surface area contributed by atoms with Crippen LogP contribution in [0, 0.1) is 5.92 Å². The Morgan fingerprint density at radius 1 is 1.19 bits per heavy atom. The third-order valence-corrected chi connectivity index (χ3v) is 7.69. The number of carbonyl (C=O) groups excluding carboxylic acids is 1. The Kier molecular flexibility index (Phi) is 4.88. The van der Waals surface area contributed by atoms with Crippen molar-refractivity contribution in [2.24, 2.45) is 5.92 Å². The lowest BCUT2D eigenvalue weighted by Gasteiger charge is -2.56. The lowest BCUT2D eigenvalue weighted by Crippen LogP contribution is -2.55. The standard InChI is InChI=1S/C28H32O4/c1-17(2)9-8-13-28(4)20-12-14-27(3)16-19(20)23-22(31-27)15-21(29)24(26(23)32-28)25(30)18-10-6-5-7-11-18/h5-7,9-11,15,19-20,29H,8,12-14,16H2,1-4H3. The monoisotopic (exact) mass is 432 g/mol. The maximum atomic E-state index is 13.5. The predicted octanol–water partition coefficient (Wildman–Crippen LogP) is 6.56. The normalized spacial score (nSPS) is 29.5. The zero-order chi connectivity index (χ0) is 22.7. The zero-order valence-corrected chi connectivity index (χ0v) is 19.4. The molecule has 1 N–H and O–H groups in total. The summed E-state index contributed by atoms with van der Waals surface area (Å²) in [6.45, 7) is 8.59. The summed E-state index contributed by atoms with van der Waals surface area (Å²) < 4.78 is 13.2. The summed E-state index contributed by atoms with van der Waals surface area (Å²) in [4.78, 5) is 13.5. The molecule has 0 aromatic heterocycles. The lowest BCUT2D eigenvalue weighted by molar-refractivity contribution is -0.0840. The van der Waals surface area contributed by atoms with Gasteiger partial charge in [-0.05, 0) is 59.8 Å². The molecule has 32 heavy (non-hydrogen) atoms. The van der Waals surface area contributed by atoms with Crippen LogP contribution in [-0.2, 0) is 0 Å². The van der Waals surface area contributed by atoms with Crippen LogP contribution in [0.15, 0.2) is 48.0 Å². The Balaban J connectivity index is 1.67. The summed E-state index contributed by atoms with van der Waals surface area (Å²) >= 11 is 0. The van der Waals surface area contributed by atoms with Gasteiger partial charge in [-0.3, -0.25) is 4.79 Å². The number of allylic oxidation sites excluding steroid dienone is 2. The maximum absolute atomic E-state index is 13.5. The van der Waals surface area contributed by atoms with Crippen LogP contribution < -0.4 is 9.47 Å². The molecule has 0 radical (unpaired) electrons. The second-order valence-corrected chi connectivity index (χ2v) is 10.4. The van der Waals surface area contributed by atoms with E-state index in [0.717, 1.165) is 37.7 Å². The van der Waals surface area contributed by atoms with Crippen molar-refractivity contribution >= 4 is 5.78 Å². The summed E-state index contributed by atoms with van der Waals surface area (Å²) in [6, 6.07) is 10.8. The summed E-state index contributed by atoms with van der Waals surface area (Å²) in [5.41, 5.74) is 2.44. The number of ether oxygens (including phenoxy) is 2. The SMILES string of the molecule is CC(C)=CCCC1(C)Oc2c(C(=O)c3ccccc3)c(O)cc3c2C2CC(C)(CCC21)O3. The Labute approximate surface area is 190 Å². The van der Waals surface area contributed by atoms with E-state index >= 15 is 0 Å². The molecule has 4 nitrogen and oxygen atoms in total. The molecule has 4 atom stereocenters. The van der Waals surface area contributed by atoms with Crippen LogP contribution in [-0.4, -0.2) is 22.1 Å². The molecule has 4 unspecified atom stereocenters. The van der Waals surface area contributed by atoms with Gasteiger partial charge in [-0.15, -0.1) is 0 Å². The van der Waals surface area contributed by atoms with Gasteiger partial charge in [-0.2, -0.15) is 0 Å². The smallest absolute Gasteiger partial charge is 0.200 e. The van der Waals surface area contributed by atoms with Gasteiger partial charge in [0.05, 0.1) is 0 Å². The molecule has 1 saturated carbocycles. The first-order valence-electron chi connectivity index (χ1n) is 11.7. The number of carbonyl (C=O) groups is 1. The van der Waals surface area contributed by atoms with Gasteiger partial charge in [-0.1, -0.05) is 42.0 Å². The van der Waals surface area contributed by atoms with Gasteiger partial charge in [0, 0.05) is 29.0 Å². The molecule has 1 aliphatic carbocycles. The molecule has 2 aliphatic heterocycles. The molecular weight excluding hydrogens is 400 g/mol. The van der Waals surface area contributed by atoms with E-state index in [1.54, 1.807) is 18.2 Å². The molecule has 1 fully saturated rings. The second kappa shape index (κ2) is 7.40. The summed E-state index contributed by atoms with van der Waals surface area (Å²) in [5, 5.41) is 11.0. The van der Waals surface area contributed by atoms with Crippen LogP contribution >= 0.6 is 0 Å². The van der Waals surface area contributed by atoms with Crippen LogP contribution in [0.25, 0.3) is 0 Å². The lowest BCUT2D eigenvalue weighted by atomic mass is 9.60. The number of hydrogen-bond donors (Lipinski definition) is 1. The quantitative estimate of drug-likeness (QED) is 0.430. The average Bonchev–Trinajstić information content (AvgIpc) is 2.72. The van der Waals surface area contributed by atoms with Gasteiger partial charge < -0.3 is 14.6 Å². The first kappa shape index (κ1) is 21.1. The molecule has 0 spiro atoms. The predicted molar refractivity (Wildman–Crippen MR) is 125 cm³/mol. The third-order valence-electron chi connectivity index (χ3n) is 7.69. The van der Waals surface area contributed by atoms with Crippen molar-refractivity contribution in [3.05, 3.63) is 64.7 Å². The summed E-state index contributed by atoms with van der Waals surface area (Å²) in [7, 11) is 0. The number of phenolic OH excluding ortho intramolecular Hbond substituents is 1. The number of phenols is 1. The van der Waals surface area contributed by atoms with E-state index in [1.807, 2.05) is 18.2 Å². The van der Waals surface area contributed by atoms with E-state index in [4.69, 9.17) is 9.47 Å². The fourth-order valence-corrected chi connectivity index (χ4v) is 6.09. The van der Waals surface area contributed by atoms with E-state index in [0.29, 0.717) is 23.0 Å². The molecule has 2 aromatic rings. The van der Waals surface area contributed by atoms with Crippen molar-refractivity contribution < 1.29 is 19.4 Å². The van der Waals surface area contributed by atoms with Crippen LogP contribution in [0.1, 0.15) is 87.2 Å². The fraction of sp³-hybridized carbons (Fsp3) is 0.464. The molecule has 2 bridgehead atoms. The van der Waals surface area contributed by atoms with Crippen molar-refractivity contribution in [1.29, 1.82) is 0 Å². The number of hydrogen-bond acceptors (Lipinski definition) is 4. The topological polar surface area (TPSA) is 55.8 Å². The number of ketones is 1. The molecule has 3 aliphatic rings. The van der Waals surface area contributed by atoms with Gasteiger partial charge in [0.2, 0.25) is 5.78 Å². The van der Waals surface area contributed by atoms with Crippen molar-refractivity contribution in [3.63, 3.8) is 0 Å². The van der Waals surface area contributed by atoms with Gasteiger partial charge >= 0.3 is 0 Å². The van der Waals surface area contributed by atoms with Gasteiger partial charge in [0.1, 0.15) is 34.0 Å². The number of rotatable bonds is 5. The highest BCUT2D eigenvalue weighted by Crippen LogP contribution is 2.62. The molecule has 168 valence electrons. The van der Waals surface area contributed by atoms with Gasteiger partial charge in [0.25, 0.3) is 0 Å². The van der Waals surface area contributed by atoms with Crippen molar-refractivity contribution in [2.75, 3.05) is 0 Å². The van der Waals surface area contributed by atoms with E-state index in [1.165, 1.54) is 5.57 Å². The minimum Gasteiger partial charge on any atom is -0.507 e. The molecule has 4 heteroatoms. The fourth-order valence-electron chi connectivity index (χ4n) is 6.09. The largest absolute Gasteiger partial charge is 0.507 e. The Morgan fingerprint density at radius 3 is 2.66 bits per heavy atom. The molecule has 0 amide bonds.